The molecule has 2 rings (SSSR count). The summed E-state index contributed by atoms with van der Waals surface area (Å²) in [5.74, 6) is 0.176. The van der Waals surface area contributed by atoms with Crippen LogP contribution in [0.5, 0.6) is 5.75 Å². The zero-order valence-corrected chi connectivity index (χ0v) is 11.8. The fourth-order valence-electron chi connectivity index (χ4n) is 1.57. The number of esters is 1. The van der Waals surface area contributed by atoms with Crippen molar-refractivity contribution < 1.29 is 9.53 Å². The lowest BCUT2D eigenvalue weighted by molar-refractivity contribution is -0.128. The van der Waals surface area contributed by atoms with Crippen molar-refractivity contribution in [1.82, 2.24) is 0 Å². The molecular formula is C16H13BrO2. The maximum atomic E-state index is 11.7. The molecule has 0 aliphatic rings. The third-order valence-electron chi connectivity index (χ3n) is 2.48. The van der Waals surface area contributed by atoms with Crippen molar-refractivity contribution in [2.75, 3.05) is 0 Å². The number of hydrogen-bond donors (Lipinski definition) is 0. The second-order valence-corrected chi connectivity index (χ2v) is 4.51. The second-order valence-electron chi connectivity index (χ2n) is 3.95. The molecule has 0 amide bonds. The molecule has 0 atom stereocenters. The van der Waals surface area contributed by atoms with Crippen LogP contribution in [0, 0.1) is 0 Å². The number of ether oxygens (including phenoxy) is 1. The van der Waals surface area contributed by atoms with Gasteiger partial charge in [-0.2, -0.15) is 0 Å². The van der Waals surface area contributed by atoms with Crippen molar-refractivity contribution in [3.8, 4) is 5.75 Å². The Morgan fingerprint density at radius 3 is 2.63 bits per heavy atom. The van der Waals surface area contributed by atoms with Crippen molar-refractivity contribution in [3.63, 3.8) is 0 Å². The first kappa shape index (κ1) is 13.6. The number of halogens is 1. The number of hydrogen-bond acceptors (Lipinski definition) is 2. The van der Waals surface area contributed by atoms with E-state index in [1.807, 2.05) is 48.5 Å². The van der Waals surface area contributed by atoms with E-state index in [-0.39, 0.29) is 5.97 Å². The highest BCUT2D eigenvalue weighted by atomic mass is 79.9. The Hall–Kier alpha value is -1.87. The van der Waals surface area contributed by atoms with Gasteiger partial charge in [0.15, 0.2) is 0 Å². The highest BCUT2D eigenvalue weighted by molar-refractivity contribution is 9.08. The Morgan fingerprint density at radius 1 is 1.11 bits per heavy atom. The Kier molecular flexibility index (Phi) is 4.93. The molecule has 0 heterocycles. The molecule has 0 bridgehead atoms. The van der Waals surface area contributed by atoms with Crippen molar-refractivity contribution in [2.45, 2.75) is 5.33 Å². The van der Waals surface area contributed by atoms with Gasteiger partial charge in [-0.05, 0) is 29.3 Å². The van der Waals surface area contributed by atoms with Gasteiger partial charge in [0.25, 0.3) is 0 Å². The monoisotopic (exact) mass is 316 g/mol. The van der Waals surface area contributed by atoms with Gasteiger partial charge < -0.3 is 4.74 Å². The highest BCUT2D eigenvalue weighted by Crippen LogP contribution is 2.15. The maximum Gasteiger partial charge on any atom is 0.336 e. The van der Waals surface area contributed by atoms with E-state index in [2.05, 4.69) is 15.9 Å². The summed E-state index contributed by atoms with van der Waals surface area (Å²) in [6.07, 6.45) is 3.16. The van der Waals surface area contributed by atoms with E-state index in [1.165, 1.54) is 6.08 Å². The molecular weight excluding hydrogens is 304 g/mol. The van der Waals surface area contributed by atoms with Crippen molar-refractivity contribution in [1.29, 1.82) is 0 Å². The summed E-state index contributed by atoms with van der Waals surface area (Å²) in [5.41, 5.74) is 2.03. The van der Waals surface area contributed by atoms with E-state index in [1.54, 1.807) is 12.1 Å². The van der Waals surface area contributed by atoms with Crippen LogP contribution in [0.25, 0.3) is 6.08 Å². The fraction of sp³-hybridized carbons (Fsp3) is 0.0625. The van der Waals surface area contributed by atoms with Crippen LogP contribution >= 0.6 is 15.9 Å². The van der Waals surface area contributed by atoms with Gasteiger partial charge in [0.05, 0.1) is 0 Å². The largest absolute Gasteiger partial charge is 0.423 e. The summed E-state index contributed by atoms with van der Waals surface area (Å²) in [4.78, 5) is 11.7. The molecule has 96 valence electrons. The molecule has 0 aliphatic carbocycles. The van der Waals surface area contributed by atoms with Crippen LogP contribution in [0.1, 0.15) is 11.1 Å². The minimum atomic E-state index is -0.379. The lowest BCUT2D eigenvalue weighted by Crippen LogP contribution is -2.03. The molecule has 0 unspecified atom stereocenters. The van der Waals surface area contributed by atoms with E-state index >= 15 is 0 Å². The van der Waals surface area contributed by atoms with Gasteiger partial charge >= 0.3 is 5.97 Å². The number of carbonyl (C=O) groups excluding carboxylic acids is 1. The highest BCUT2D eigenvalue weighted by Gasteiger charge is 2.01. The number of benzene rings is 2. The van der Waals surface area contributed by atoms with Crippen LogP contribution in [0.4, 0.5) is 0 Å². The summed E-state index contributed by atoms with van der Waals surface area (Å²) >= 11 is 3.36. The van der Waals surface area contributed by atoms with Crippen molar-refractivity contribution in [2.24, 2.45) is 0 Å². The molecule has 0 radical (unpaired) electrons. The van der Waals surface area contributed by atoms with E-state index in [9.17, 15) is 4.79 Å². The predicted molar refractivity (Wildman–Crippen MR) is 80.2 cm³/mol. The molecule has 3 heteroatoms. The van der Waals surface area contributed by atoms with Crippen LogP contribution in [0.3, 0.4) is 0 Å². The average Bonchev–Trinajstić information content (AvgIpc) is 2.46. The first-order chi connectivity index (χ1) is 9.28. The molecule has 0 fully saturated rings. The topological polar surface area (TPSA) is 26.3 Å². The van der Waals surface area contributed by atoms with Gasteiger partial charge in [-0.1, -0.05) is 58.4 Å². The van der Waals surface area contributed by atoms with Gasteiger partial charge in [0.1, 0.15) is 5.75 Å². The Labute approximate surface area is 120 Å². The number of rotatable bonds is 4. The molecule has 0 saturated heterocycles. The lowest BCUT2D eigenvalue weighted by atomic mass is 10.2. The zero-order valence-electron chi connectivity index (χ0n) is 10.3. The third kappa shape index (κ3) is 4.38. The lowest BCUT2D eigenvalue weighted by Gasteiger charge is -2.02. The summed E-state index contributed by atoms with van der Waals surface area (Å²) in [6.45, 7) is 0. The molecule has 0 aliphatic heterocycles. The van der Waals surface area contributed by atoms with Crippen molar-refractivity contribution >= 4 is 28.0 Å². The zero-order chi connectivity index (χ0) is 13.5. The summed E-state index contributed by atoms with van der Waals surface area (Å²) < 4.78 is 5.23. The standard InChI is InChI=1S/C16H13BrO2/c17-12-14-7-4-8-15(11-14)19-16(18)10-9-13-5-2-1-3-6-13/h1-11H,12H2/b10-9+. The molecule has 0 aromatic heterocycles. The Morgan fingerprint density at radius 2 is 1.89 bits per heavy atom. The normalized spacial score (nSPS) is 10.6. The van der Waals surface area contributed by atoms with Crippen LogP contribution in [-0.2, 0) is 10.1 Å². The molecule has 19 heavy (non-hydrogen) atoms. The molecule has 2 aromatic carbocycles. The van der Waals surface area contributed by atoms with E-state index in [0.29, 0.717) is 5.75 Å². The Bertz CT molecular complexity index is 576. The number of carbonyl (C=O) groups is 1. The van der Waals surface area contributed by atoms with Crippen LogP contribution in [0.15, 0.2) is 60.7 Å². The molecule has 0 spiro atoms. The van der Waals surface area contributed by atoms with E-state index in [0.717, 1.165) is 16.5 Å². The summed E-state index contributed by atoms with van der Waals surface area (Å²) in [5, 5.41) is 0.734. The molecule has 2 aromatic rings. The van der Waals surface area contributed by atoms with E-state index in [4.69, 9.17) is 4.74 Å². The molecule has 0 N–H and O–H groups in total. The van der Waals surface area contributed by atoms with Crippen LogP contribution in [0.2, 0.25) is 0 Å². The smallest absolute Gasteiger partial charge is 0.336 e. The quantitative estimate of drug-likeness (QED) is 0.366. The predicted octanol–water partition coefficient (Wildman–Crippen LogP) is 4.20. The van der Waals surface area contributed by atoms with Gasteiger partial charge in [-0.25, -0.2) is 4.79 Å². The van der Waals surface area contributed by atoms with Crippen LogP contribution in [-0.4, -0.2) is 5.97 Å². The second kappa shape index (κ2) is 6.90. The molecule has 0 saturated carbocycles. The summed E-state index contributed by atoms with van der Waals surface area (Å²) in [7, 11) is 0. The van der Waals surface area contributed by atoms with Gasteiger partial charge in [-0.3, -0.25) is 0 Å². The summed E-state index contributed by atoms with van der Waals surface area (Å²) in [6, 6.07) is 17.1. The third-order valence-corrected chi connectivity index (χ3v) is 3.13. The Balaban J connectivity index is 1.99. The van der Waals surface area contributed by atoms with Crippen molar-refractivity contribution in [3.05, 3.63) is 71.8 Å². The van der Waals surface area contributed by atoms with Gasteiger partial charge in [0.2, 0.25) is 0 Å². The minimum absolute atomic E-state index is 0.379. The SMILES string of the molecule is O=C(/C=C/c1ccccc1)Oc1cccc(CBr)c1. The fourth-order valence-corrected chi connectivity index (χ4v) is 1.92. The first-order valence-corrected chi connectivity index (χ1v) is 7.00. The molecule has 2 nitrogen and oxygen atoms in total. The van der Waals surface area contributed by atoms with E-state index < -0.39 is 0 Å². The number of alkyl halides is 1. The first-order valence-electron chi connectivity index (χ1n) is 5.88. The van der Waals surface area contributed by atoms with Crippen LogP contribution < -0.4 is 4.74 Å². The average molecular weight is 317 g/mol. The minimum Gasteiger partial charge on any atom is -0.423 e. The van der Waals surface area contributed by atoms with Gasteiger partial charge in [-0.15, -0.1) is 0 Å². The van der Waals surface area contributed by atoms with Gasteiger partial charge in [0, 0.05) is 11.4 Å². The maximum absolute atomic E-state index is 11.7.